The molecule has 2 N–H and O–H groups in total. The number of aryl methyl sites for hydroxylation is 3. The third kappa shape index (κ3) is 2.70. The monoisotopic (exact) mass is 269 g/mol. The molecule has 1 aliphatic rings. The molecule has 2 aromatic rings. The van der Waals surface area contributed by atoms with E-state index in [0.717, 1.165) is 0 Å². The van der Waals surface area contributed by atoms with Crippen LogP contribution in [0.15, 0.2) is 46.2 Å². The lowest BCUT2D eigenvalue weighted by Crippen LogP contribution is -1.98. The van der Waals surface area contributed by atoms with Gasteiger partial charge in [0.2, 0.25) is 0 Å². The molecule has 0 radical (unpaired) electrons. The zero-order chi connectivity index (χ0) is 13.2. The van der Waals surface area contributed by atoms with Crippen LogP contribution in [-0.2, 0) is 19.4 Å². The molecule has 0 saturated carbocycles. The van der Waals surface area contributed by atoms with E-state index in [2.05, 4.69) is 43.3 Å². The molecule has 2 aromatic carbocycles. The molecule has 0 aliphatic heterocycles. The molecular weight excluding hydrogens is 250 g/mol. The van der Waals surface area contributed by atoms with Crippen LogP contribution in [-0.4, -0.2) is 0 Å². The number of hydrogen-bond acceptors (Lipinski definition) is 2. The molecule has 0 aromatic heterocycles. The Balaban J connectivity index is 1.83. The predicted octanol–water partition coefficient (Wildman–Crippen LogP) is 4.09. The van der Waals surface area contributed by atoms with E-state index in [0.29, 0.717) is 6.54 Å². The van der Waals surface area contributed by atoms with Crippen LogP contribution < -0.4 is 5.73 Å². The molecule has 1 aliphatic carbocycles. The first kappa shape index (κ1) is 12.8. The number of fused-ring (bicyclic) bond motifs is 1. The minimum absolute atomic E-state index is 0.621. The van der Waals surface area contributed by atoms with Gasteiger partial charge in [-0.05, 0) is 72.7 Å². The van der Waals surface area contributed by atoms with E-state index in [1.165, 1.54) is 40.2 Å². The number of nitrogens with two attached hydrogens (primary N) is 1. The zero-order valence-corrected chi connectivity index (χ0v) is 12.1. The summed E-state index contributed by atoms with van der Waals surface area (Å²) in [7, 11) is 0. The molecule has 0 saturated heterocycles. The van der Waals surface area contributed by atoms with Gasteiger partial charge in [0, 0.05) is 16.3 Å². The fourth-order valence-electron chi connectivity index (χ4n) is 2.71. The molecule has 0 bridgehead atoms. The van der Waals surface area contributed by atoms with Crippen molar-refractivity contribution in [3.05, 3.63) is 58.7 Å². The first-order chi connectivity index (χ1) is 9.26. The summed E-state index contributed by atoms with van der Waals surface area (Å²) in [5.74, 6) is 0. The lowest BCUT2D eigenvalue weighted by atomic mass is 10.1. The van der Waals surface area contributed by atoms with E-state index in [-0.39, 0.29) is 0 Å². The molecule has 2 heteroatoms. The second-order valence-corrected chi connectivity index (χ2v) is 6.33. The van der Waals surface area contributed by atoms with Crippen LogP contribution in [0.1, 0.15) is 28.7 Å². The first-order valence-electron chi connectivity index (χ1n) is 6.85. The molecule has 0 unspecified atom stereocenters. The van der Waals surface area contributed by atoms with Gasteiger partial charge in [0.05, 0.1) is 0 Å². The number of benzene rings is 2. The van der Waals surface area contributed by atoms with E-state index in [4.69, 9.17) is 5.73 Å². The van der Waals surface area contributed by atoms with Gasteiger partial charge in [-0.25, -0.2) is 0 Å². The van der Waals surface area contributed by atoms with Crippen LogP contribution in [0.2, 0.25) is 0 Å². The van der Waals surface area contributed by atoms with Crippen molar-refractivity contribution in [2.24, 2.45) is 5.73 Å². The maximum absolute atomic E-state index is 5.71. The average Bonchev–Trinajstić information content (AvgIpc) is 2.86. The third-order valence-electron chi connectivity index (χ3n) is 3.84. The second kappa shape index (κ2) is 5.40. The van der Waals surface area contributed by atoms with Gasteiger partial charge < -0.3 is 5.73 Å². The van der Waals surface area contributed by atoms with E-state index in [9.17, 15) is 0 Å². The smallest absolute Gasteiger partial charge is 0.0180 e. The van der Waals surface area contributed by atoms with Crippen molar-refractivity contribution >= 4 is 11.8 Å². The van der Waals surface area contributed by atoms with Gasteiger partial charge >= 0.3 is 0 Å². The standard InChI is InChI=1S/C17H19NS/c1-12-9-16(8-6-15(12)11-18)19-17-7-5-13-3-2-4-14(13)10-17/h5-10H,2-4,11,18H2,1H3. The molecule has 3 rings (SSSR count). The fraction of sp³-hybridized carbons (Fsp3) is 0.294. The summed E-state index contributed by atoms with van der Waals surface area (Å²) in [4.78, 5) is 2.65. The van der Waals surface area contributed by atoms with Gasteiger partial charge in [0.15, 0.2) is 0 Å². The fourth-order valence-corrected chi connectivity index (χ4v) is 3.69. The highest BCUT2D eigenvalue weighted by Crippen LogP contribution is 2.32. The lowest BCUT2D eigenvalue weighted by molar-refractivity contribution is 0.911. The van der Waals surface area contributed by atoms with Crippen LogP contribution in [0.25, 0.3) is 0 Å². The van der Waals surface area contributed by atoms with Gasteiger partial charge in [-0.15, -0.1) is 0 Å². The van der Waals surface area contributed by atoms with Crippen LogP contribution >= 0.6 is 11.8 Å². The highest BCUT2D eigenvalue weighted by molar-refractivity contribution is 7.99. The molecule has 0 amide bonds. The van der Waals surface area contributed by atoms with Crippen molar-refractivity contribution in [3.63, 3.8) is 0 Å². The van der Waals surface area contributed by atoms with Crippen LogP contribution in [0.5, 0.6) is 0 Å². The zero-order valence-electron chi connectivity index (χ0n) is 11.3. The van der Waals surface area contributed by atoms with E-state index < -0.39 is 0 Å². The average molecular weight is 269 g/mol. The van der Waals surface area contributed by atoms with Gasteiger partial charge in [0.1, 0.15) is 0 Å². The quantitative estimate of drug-likeness (QED) is 0.908. The highest BCUT2D eigenvalue weighted by atomic mass is 32.2. The molecule has 1 nitrogen and oxygen atoms in total. The maximum Gasteiger partial charge on any atom is 0.0180 e. The summed E-state index contributed by atoms with van der Waals surface area (Å²) in [6.07, 6.45) is 3.81. The Morgan fingerprint density at radius 3 is 2.53 bits per heavy atom. The second-order valence-electron chi connectivity index (χ2n) is 5.18. The van der Waals surface area contributed by atoms with Gasteiger partial charge in [-0.2, -0.15) is 0 Å². The van der Waals surface area contributed by atoms with Crippen molar-refractivity contribution in [2.45, 2.75) is 42.5 Å². The topological polar surface area (TPSA) is 26.0 Å². The van der Waals surface area contributed by atoms with E-state index in [1.54, 1.807) is 11.1 Å². The molecule has 19 heavy (non-hydrogen) atoms. The summed E-state index contributed by atoms with van der Waals surface area (Å²) < 4.78 is 0. The predicted molar refractivity (Wildman–Crippen MR) is 81.7 cm³/mol. The summed E-state index contributed by atoms with van der Waals surface area (Å²) in [6, 6.07) is 13.5. The van der Waals surface area contributed by atoms with Gasteiger partial charge in [0.25, 0.3) is 0 Å². The lowest BCUT2D eigenvalue weighted by Gasteiger charge is -2.08. The molecule has 0 spiro atoms. The van der Waals surface area contributed by atoms with Crippen molar-refractivity contribution in [1.82, 2.24) is 0 Å². The Labute approximate surface area is 119 Å². The molecule has 0 atom stereocenters. The largest absolute Gasteiger partial charge is 0.326 e. The SMILES string of the molecule is Cc1cc(Sc2ccc3c(c2)CCC3)ccc1CN. The minimum atomic E-state index is 0.621. The molecular formula is C17H19NS. The Hall–Kier alpha value is -1.25. The molecule has 0 fully saturated rings. The molecule has 0 heterocycles. The van der Waals surface area contributed by atoms with Crippen molar-refractivity contribution in [3.8, 4) is 0 Å². The van der Waals surface area contributed by atoms with Crippen molar-refractivity contribution in [2.75, 3.05) is 0 Å². The van der Waals surface area contributed by atoms with Crippen molar-refractivity contribution in [1.29, 1.82) is 0 Å². The summed E-state index contributed by atoms with van der Waals surface area (Å²) in [5, 5.41) is 0. The van der Waals surface area contributed by atoms with Gasteiger partial charge in [-0.1, -0.05) is 23.9 Å². The third-order valence-corrected chi connectivity index (χ3v) is 4.82. The van der Waals surface area contributed by atoms with Crippen LogP contribution in [0.4, 0.5) is 0 Å². The summed E-state index contributed by atoms with van der Waals surface area (Å²) >= 11 is 1.85. The van der Waals surface area contributed by atoms with E-state index >= 15 is 0 Å². The highest BCUT2D eigenvalue weighted by Gasteiger charge is 2.11. The molecule has 98 valence electrons. The minimum Gasteiger partial charge on any atom is -0.326 e. The normalized spacial score (nSPS) is 13.6. The van der Waals surface area contributed by atoms with E-state index in [1.807, 2.05) is 11.8 Å². The Bertz CT molecular complexity index is 604. The van der Waals surface area contributed by atoms with Crippen LogP contribution in [0.3, 0.4) is 0 Å². The Morgan fingerprint density at radius 1 is 1.00 bits per heavy atom. The Morgan fingerprint density at radius 2 is 1.74 bits per heavy atom. The Kier molecular flexibility index (Phi) is 3.63. The maximum atomic E-state index is 5.71. The van der Waals surface area contributed by atoms with Crippen molar-refractivity contribution < 1.29 is 0 Å². The first-order valence-corrected chi connectivity index (χ1v) is 7.67. The van der Waals surface area contributed by atoms with Crippen LogP contribution in [0, 0.1) is 6.92 Å². The number of hydrogen-bond donors (Lipinski definition) is 1. The summed E-state index contributed by atoms with van der Waals surface area (Å²) in [6.45, 7) is 2.75. The number of rotatable bonds is 3. The van der Waals surface area contributed by atoms with Gasteiger partial charge in [-0.3, -0.25) is 0 Å². The summed E-state index contributed by atoms with van der Waals surface area (Å²) in [5.41, 5.74) is 11.3.